The van der Waals surface area contributed by atoms with Gasteiger partial charge < -0.3 is 10.2 Å². The standard InChI is InChI=1S/C20H36O3/c1-2-3-4-5-6-7-8-9-13-16-18(20(22)23)19(21)17-14-11-10-12-15-17/h16-17,19,21H,2-15H2,1H3,(H,22,23)/b18-16-. The molecule has 0 amide bonds. The summed E-state index contributed by atoms with van der Waals surface area (Å²) in [6.07, 6.45) is 17.2. The Hall–Kier alpha value is -0.830. The van der Waals surface area contributed by atoms with Gasteiger partial charge in [-0.1, -0.05) is 77.2 Å². The zero-order valence-corrected chi connectivity index (χ0v) is 14.9. The molecule has 1 aliphatic rings. The number of carbonyl (C=O) groups is 1. The van der Waals surface area contributed by atoms with Gasteiger partial charge in [-0.15, -0.1) is 0 Å². The largest absolute Gasteiger partial charge is 0.478 e. The molecular weight excluding hydrogens is 288 g/mol. The summed E-state index contributed by atoms with van der Waals surface area (Å²) in [5, 5.41) is 19.7. The van der Waals surface area contributed by atoms with Crippen LogP contribution in [0.3, 0.4) is 0 Å². The molecule has 0 spiro atoms. The van der Waals surface area contributed by atoms with Gasteiger partial charge in [-0.05, 0) is 31.6 Å². The zero-order chi connectivity index (χ0) is 16.9. The molecule has 134 valence electrons. The van der Waals surface area contributed by atoms with Crippen LogP contribution >= 0.6 is 0 Å². The molecule has 0 aliphatic heterocycles. The van der Waals surface area contributed by atoms with Gasteiger partial charge in [0.15, 0.2) is 0 Å². The van der Waals surface area contributed by atoms with Crippen LogP contribution in [-0.2, 0) is 4.79 Å². The fourth-order valence-corrected chi connectivity index (χ4v) is 3.57. The first-order valence-corrected chi connectivity index (χ1v) is 9.78. The normalized spacial score (nSPS) is 18.1. The van der Waals surface area contributed by atoms with E-state index in [0.29, 0.717) is 0 Å². The third-order valence-corrected chi connectivity index (χ3v) is 5.08. The molecule has 0 radical (unpaired) electrons. The van der Waals surface area contributed by atoms with Crippen LogP contribution in [-0.4, -0.2) is 22.3 Å². The highest BCUT2D eigenvalue weighted by Gasteiger charge is 2.27. The number of carboxylic acid groups (broad SMARTS) is 1. The van der Waals surface area contributed by atoms with Gasteiger partial charge >= 0.3 is 5.97 Å². The molecule has 0 aromatic rings. The highest BCUT2D eigenvalue weighted by molar-refractivity contribution is 5.87. The van der Waals surface area contributed by atoms with Gasteiger partial charge in [0.1, 0.15) is 0 Å². The summed E-state index contributed by atoms with van der Waals surface area (Å²) in [4.78, 5) is 11.4. The van der Waals surface area contributed by atoms with Crippen LogP contribution in [0.4, 0.5) is 0 Å². The molecule has 0 saturated heterocycles. The fraction of sp³-hybridized carbons (Fsp3) is 0.850. The van der Waals surface area contributed by atoms with Crippen LogP contribution in [0.15, 0.2) is 11.6 Å². The molecule has 1 fully saturated rings. The lowest BCUT2D eigenvalue weighted by Gasteiger charge is -2.27. The van der Waals surface area contributed by atoms with E-state index in [1.165, 1.54) is 44.9 Å². The van der Waals surface area contributed by atoms with E-state index in [9.17, 15) is 15.0 Å². The van der Waals surface area contributed by atoms with E-state index in [2.05, 4.69) is 6.92 Å². The molecule has 0 heterocycles. The predicted molar refractivity (Wildman–Crippen MR) is 95.5 cm³/mol. The maximum atomic E-state index is 11.4. The summed E-state index contributed by atoms with van der Waals surface area (Å²) in [6, 6.07) is 0. The third-order valence-electron chi connectivity index (χ3n) is 5.08. The molecule has 1 saturated carbocycles. The van der Waals surface area contributed by atoms with Gasteiger partial charge in [-0.3, -0.25) is 0 Å². The first-order valence-electron chi connectivity index (χ1n) is 9.78. The molecule has 0 aromatic heterocycles. The molecule has 0 bridgehead atoms. The van der Waals surface area contributed by atoms with Crippen molar-refractivity contribution in [1.82, 2.24) is 0 Å². The Balaban J connectivity index is 2.25. The maximum absolute atomic E-state index is 11.4. The molecular formula is C20H36O3. The number of hydrogen-bond donors (Lipinski definition) is 2. The average Bonchev–Trinajstić information content (AvgIpc) is 2.56. The average molecular weight is 325 g/mol. The number of unbranched alkanes of at least 4 members (excludes halogenated alkanes) is 8. The number of rotatable bonds is 12. The van der Waals surface area contributed by atoms with Crippen molar-refractivity contribution >= 4 is 5.97 Å². The SMILES string of the molecule is CCCCCCCCCC/C=C(\C(=O)O)C(O)C1CCCCC1. The molecule has 1 aliphatic carbocycles. The topological polar surface area (TPSA) is 57.5 Å². The van der Waals surface area contributed by atoms with E-state index in [1.807, 2.05) is 0 Å². The molecule has 2 N–H and O–H groups in total. The van der Waals surface area contributed by atoms with Gasteiger partial charge in [-0.2, -0.15) is 0 Å². The lowest BCUT2D eigenvalue weighted by molar-refractivity contribution is -0.134. The number of hydrogen-bond acceptors (Lipinski definition) is 2. The molecule has 0 aromatic carbocycles. The minimum absolute atomic E-state index is 0.143. The fourth-order valence-electron chi connectivity index (χ4n) is 3.57. The van der Waals surface area contributed by atoms with Crippen molar-refractivity contribution in [2.75, 3.05) is 0 Å². The summed E-state index contributed by atoms with van der Waals surface area (Å²) in [6.45, 7) is 2.23. The summed E-state index contributed by atoms with van der Waals surface area (Å²) in [5.41, 5.74) is 0.236. The third kappa shape index (κ3) is 8.55. The molecule has 3 nitrogen and oxygen atoms in total. The van der Waals surface area contributed by atoms with Crippen molar-refractivity contribution in [3.05, 3.63) is 11.6 Å². The van der Waals surface area contributed by atoms with Gasteiger partial charge in [0.25, 0.3) is 0 Å². The summed E-state index contributed by atoms with van der Waals surface area (Å²) < 4.78 is 0. The highest BCUT2D eigenvalue weighted by atomic mass is 16.4. The van der Waals surface area contributed by atoms with Crippen LogP contribution in [0.25, 0.3) is 0 Å². The summed E-state index contributed by atoms with van der Waals surface area (Å²) in [5.74, 6) is -0.799. The zero-order valence-electron chi connectivity index (χ0n) is 14.9. The van der Waals surface area contributed by atoms with Crippen LogP contribution in [0, 0.1) is 5.92 Å². The summed E-state index contributed by atoms with van der Waals surface area (Å²) in [7, 11) is 0. The Labute approximate surface area is 142 Å². The second-order valence-electron chi connectivity index (χ2n) is 7.07. The quantitative estimate of drug-likeness (QED) is 0.370. The Kier molecular flexibility index (Phi) is 11.1. The van der Waals surface area contributed by atoms with Crippen molar-refractivity contribution in [1.29, 1.82) is 0 Å². The minimum atomic E-state index is -0.942. The summed E-state index contributed by atoms with van der Waals surface area (Å²) >= 11 is 0. The number of allylic oxidation sites excluding steroid dienone is 1. The molecule has 23 heavy (non-hydrogen) atoms. The second kappa shape index (κ2) is 12.6. The van der Waals surface area contributed by atoms with E-state index in [1.54, 1.807) is 6.08 Å². The monoisotopic (exact) mass is 324 g/mol. The van der Waals surface area contributed by atoms with Crippen LogP contribution in [0.2, 0.25) is 0 Å². The molecule has 1 rings (SSSR count). The lowest BCUT2D eigenvalue weighted by Crippen LogP contribution is -2.28. The minimum Gasteiger partial charge on any atom is -0.478 e. The Bertz CT molecular complexity index is 343. The Morgan fingerprint density at radius 1 is 1.00 bits per heavy atom. The van der Waals surface area contributed by atoms with Gasteiger partial charge in [0.2, 0.25) is 0 Å². The van der Waals surface area contributed by atoms with Crippen LogP contribution in [0.1, 0.15) is 96.8 Å². The Morgan fingerprint density at radius 2 is 1.57 bits per heavy atom. The maximum Gasteiger partial charge on any atom is 0.333 e. The Morgan fingerprint density at radius 3 is 2.13 bits per heavy atom. The van der Waals surface area contributed by atoms with E-state index < -0.39 is 12.1 Å². The van der Waals surface area contributed by atoms with Crippen molar-refractivity contribution in [2.24, 2.45) is 5.92 Å². The van der Waals surface area contributed by atoms with Gasteiger partial charge in [0.05, 0.1) is 11.7 Å². The van der Waals surface area contributed by atoms with Crippen molar-refractivity contribution in [3.8, 4) is 0 Å². The van der Waals surface area contributed by atoms with Gasteiger partial charge in [0, 0.05) is 0 Å². The molecule has 1 atom stereocenters. The van der Waals surface area contributed by atoms with Crippen LogP contribution < -0.4 is 0 Å². The number of aliphatic carboxylic acids is 1. The van der Waals surface area contributed by atoms with E-state index in [4.69, 9.17) is 0 Å². The lowest BCUT2D eigenvalue weighted by atomic mass is 9.82. The van der Waals surface area contributed by atoms with Crippen molar-refractivity contribution in [2.45, 2.75) is 103 Å². The predicted octanol–water partition coefficient (Wildman–Crippen LogP) is 5.47. The van der Waals surface area contributed by atoms with E-state index in [0.717, 1.165) is 44.9 Å². The second-order valence-corrected chi connectivity index (χ2v) is 7.07. The van der Waals surface area contributed by atoms with E-state index in [-0.39, 0.29) is 11.5 Å². The van der Waals surface area contributed by atoms with Crippen LogP contribution in [0.5, 0.6) is 0 Å². The first kappa shape index (κ1) is 20.2. The van der Waals surface area contributed by atoms with Gasteiger partial charge in [-0.25, -0.2) is 4.79 Å². The number of aliphatic hydroxyl groups is 1. The van der Waals surface area contributed by atoms with E-state index >= 15 is 0 Å². The van der Waals surface area contributed by atoms with Crippen molar-refractivity contribution in [3.63, 3.8) is 0 Å². The number of aliphatic hydroxyl groups excluding tert-OH is 1. The first-order chi connectivity index (χ1) is 11.2. The highest BCUT2D eigenvalue weighted by Crippen LogP contribution is 2.29. The smallest absolute Gasteiger partial charge is 0.333 e. The van der Waals surface area contributed by atoms with Crippen molar-refractivity contribution < 1.29 is 15.0 Å². The molecule has 1 unspecified atom stereocenters. The molecule has 3 heteroatoms. The number of carboxylic acids is 1.